The van der Waals surface area contributed by atoms with Gasteiger partial charge in [0.2, 0.25) is 0 Å². The molecule has 1 saturated heterocycles. The van der Waals surface area contributed by atoms with Crippen molar-refractivity contribution in [2.24, 2.45) is 5.92 Å². The van der Waals surface area contributed by atoms with Crippen molar-refractivity contribution in [1.29, 1.82) is 0 Å². The van der Waals surface area contributed by atoms with Gasteiger partial charge in [0, 0.05) is 32.2 Å². The lowest BCUT2D eigenvalue weighted by Crippen LogP contribution is -2.44. The zero-order chi connectivity index (χ0) is 13.4. The topological polar surface area (TPSA) is 64.3 Å². The second-order valence-corrected chi connectivity index (χ2v) is 5.77. The van der Waals surface area contributed by atoms with E-state index >= 15 is 0 Å². The fraction of sp³-hybridized carbons (Fsp3) is 0.714. The van der Waals surface area contributed by atoms with Crippen molar-refractivity contribution in [2.45, 2.75) is 38.2 Å². The molecule has 1 aliphatic heterocycles. The highest BCUT2D eigenvalue weighted by atomic mass is 16.5. The van der Waals surface area contributed by atoms with Crippen LogP contribution in [0, 0.1) is 5.92 Å². The fourth-order valence-corrected chi connectivity index (χ4v) is 2.71. The molecule has 2 unspecified atom stereocenters. The number of ether oxygens (including phenoxy) is 1. The number of anilines is 2. The van der Waals surface area contributed by atoms with E-state index in [0.717, 1.165) is 31.2 Å². The summed E-state index contributed by atoms with van der Waals surface area (Å²) in [6.45, 7) is 4.15. The molecule has 2 aliphatic rings. The van der Waals surface area contributed by atoms with E-state index in [9.17, 15) is 0 Å². The number of nitrogens with two attached hydrogens (primary N) is 1. The number of methoxy groups -OCH3 is 1. The summed E-state index contributed by atoms with van der Waals surface area (Å²) in [6.07, 6.45) is 3.79. The third kappa shape index (κ3) is 2.66. The molecule has 1 aliphatic carbocycles. The molecule has 1 saturated carbocycles. The van der Waals surface area contributed by atoms with Crippen molar-refractivity contribution in [3.8, 4) is 0 Å². The maximum absolute atomic E-state index is 5.92. The van der Waals surface area contributed by atoms with Crippen LogP contribution in [0.25, 0.3) is 0 Å². The Hall–Kier alpha value is -1.36. The molecule has 0 bridgehead atoms. The van der Waals surface area contributed by atoms with Crippen LogP contribution < -0.4 is 10.6 Å². The van der Waals surface area contributed by atoms with Gasteiger partial charge in [-0.2, -0.15) is 0 Å². The maximum Gasteiger partial charge on any atom is 0.136 e. The summed E-state index contributed by atoms with van der Waals surface area (Å²) in [5.74, 6) is 3.60. The number of piperidine rings is 1. The molecular formula is C14H22N4O. The van der Waals surface area contributed by atoms with Crippen LogP contribution in [0.3, 0.4) is 0 Å². The summed E-state index contributed by atoms with van der Waals surface area (Å²) >= 11 is 0. The van der Waals surface area contributed by atoms with E-state index in [1.807, 2.05) is 6.07 Å². The Bertz CT molecular complexity index is 461. The number of rotatable bonds is 3. The van der Waals surface area contributed by atoms with Crippen LogP contribution in [-0.4, -0.2) is 36.3 Å². The molecule has 19 heavy (non-hydrogen) atoms. The quantitative estimate of drug-likeness (QED) is 0.899. The minimum atomic E-state index is 0.273. The zero-order valence-corrected chi connectivity index (χ0v) is 11.7. The average molecular weight is 262 g/mol. The van der Waals surface area contributed by atoms with Crippen LogP contribution in [0.4, 0.5) is 11.6 Å². The molecule has 0 radical (unpaired) electrons. The number of hydrogen-bond donors (Lipinski definition) is 1. The molecule has 2 N–H and O–H groups in total. The highest BCUT2D eigenvalue weighted by Gasteiger charge is 2.30. The molecule has 0 spiro atoms. The molecular weight excluding hydrogens is 240 g/mol. The Labute approximate surface area is 114 Å². The van der Waals surface area contributed by atoms with Crippen LogP contribution in [0.5, 0.6) is 0 Å². The zero-order valence-electron chi connectivity index (χ0n) is 11.7. The first-order valence-electron chi connectivity index (χ1n) is 7.09. The molecule has 2 atom stereocenters. The summed E-state index contributed by atoms with van der Waals surface area (Å²) in [5.41, 5.74) is 5.92. The average Bonchev–Trinajstić information content (AvgIpc) is 3.23. The van der Waals surface area contributed by atoms with Crippen molar-refractivity contribution in [3.63, 3.8) is 0 Å². The predicted molar refractivity (Wildman–Crippen MR) is 75.2 cm³/mol. The van der Waals surface area contributed by atoms with Crippen molar-refractivity contribution < 1.29 is 4.74 Å². The first kappa shape index (κ1) is 12.7. The minimum absolute atomic E-state index is 0.273. The molecule has 3 rings (SSSR count). The third-order valence-corrected chi connectivity index (χ3v) is 4.21. The van der Waals surface area contributed by atoms with Gasteiger partial charge in [-0.05, 0) is 25.2 Å². The van der Waals surface area contributed by atoms with Gasteiger partial charge in [0.05, 0.1) is 6.10 Å². The Morgan fingerprint density at radius 1 is 1.32 bits per heavy atom. The molecule has 1 aromatic rings. The second-order valence-electron chi connectivity index (χ2n) is 5.77. The van der Waals surface area contributed by atoms with Crippen molar-refractivity contribution >= 4 is 11.6 Å². The van der Waals surface area contributed by atoms with Crippen molar-refractivity contribution in [3.05, 3.63) is 11.9 Å². The van der Waals surface area contributed by atoms with Crippen LogP contribution in [-0.2, 0) is 4.74 Å². The molecule has 2 fully saturated rings. The van der Waals surface area contributed by atoms with Crippen LogP contribution in [0.1, 0.15) is 37.9 Å². The molecule has 5 heteroatoms. The van der Waals surface area contributed by atoms with E-state index in [1.165, 1.54) is 12.8 Å². The van der Waals surface area contributed by atoms with Gasteiger partial charge in [0.1, 0.15) is 17.5 Å². The number of nitrogens with zero attached hydrogens (tertiary/aromatic N) is 3. The lowest BCUT2D eigenvalue weighted by molar-refractivity contribution is 0.0496. The number of nitrogen functional groups attached to an aromatic ring is 1. The summed E-state index contributed by atoms with van der Waals surface area (Å²) in [4.78, 5) is 11.3. The smallest absolute Gasteiger partial charge is 0.136 e. The van der Waals surface area contributed by atoms with Crippen LogP contribution in [0.2, 0.25) is 0 Å². The highest BCUT2D eigenvalue weighted by Crippen LogP contribution is 2.39. The minimum Gasteiger partial charge on any atom is -0.384 e. The van der Waals surface area contributed by atoms with Crippen LogP contribution in [0.15, 0.2) is 6.07 Å². The highest BCUT2D eigenvalue weighted by molar-refractivity contribution is 5.48. The standard InChI is InChI=1S/C14H22N4O/c1-9-5-6-18(8-11(9)19-2)13-7-12(15)16-14(17-13)10-3-4-10/h7,9-11H,3-6,8H2,1-2H3,(H2,15,16,17). The Balaban J connectivity index is 1.81. The summed E-state index contributed by atoms with van der Waals surface area (Å²) < 4.78 is 5.56. The van der Waals surface area contributed by atoms with Gasteiger partial charge in [-0.3, -0.25) is 0 Å². The van der Waals surface area contributed by atoms with Gasteiger partial charge in [-0.25, -0.2) is 9.97 Å². The van der Waals surface area contributed by atoms with E-state index in [1.54, 1.807) is 7.11 Å². The van der Waals surface area contributed by atoms with Crippen molar-refractivity contribution in [1.82, 2.24) is 9.97 Å². The number of aromatic nitrogens is 2. The Kier molecular flexibility index (Phi) is 3.31. The lowest BCUT2D eigenvalue weighted by Gasteiger charge is -2.37. The van der Waals surface area contributed by atoms with Gasteiger partial charge in [0.15, 0.2) is 0 Å². The van der Waals surface area contributed by atoms with E-state index < -0.39 is 0 Å². The van der Waals surface area contributed by atoms with Gasteiger partial charge in [-0.15, -0.1) is 0 Å². The van der Waals surface area contributed by atoms with E-state index in [0.29, 0.717) is 17.7 Å². The predicted octanol–water partition coefficient (Wildman–Crippen LogP) is 1.80. The molecule has 104 valence electrons. The van der Waals surface area contributed by atoms with Crippen LogP contribution >= 0.6 is 0 Å². The third-order valence-electron chi connectivity index (χ3n) is 4.21. The molecule has 2 heterocycles. The van der Waals surface area contributed by atoms with Gasteiger partial charge in [0.25, 0.3) is 0 Å². The largest absolute Gasteiger partial charge is 0.384 e. The van der Waals surface area contributed by atoms with E-state index in [-0.39, 0.29) is 6.10 Å². The monoisotopic (exact) mass is 262 g/mol. The maximum atomic E-state index is 5.92. The van der Waals surface area contributed by atoms with Gasteiger partial charge >= 0.3 is 0 Å². The molecule has 1 aromatic heterocycles. The van der Waals surface area contributed by atoms with Gasteiger partial charge in [-0.1, -0.05) is 6.92 Å². The lowest BCUT2D eigenvalue weighted by atomic mass is 9.96. The first-order valence-corrected chi connectivity index (χ1v) is 7.09. The molecule has 0 aromatic carbocycles. The molecule has 5 nitrogen and oxygen atoms in total. The van der Waals surface area contributed by atoms with E-state index in [2.05, 4.69) is 16.8 Å². The normalized spacial score (nSPS) is 27.6. The van der Waals surface area contributed by atoms with Crippen molar-refractivity contribution in [2.75, 3.05) is 30.8 Å². The van der Waals surface area contributed by atoms with Gasteiger partial charge < -0.3 is 15.4 Å². The summed E-state index contributed by atoms with van der Waals surface area (Å²) in [5, 5.41) is 0. The molecule has 0 amide bonds. The Morgan fingerprint density at radius 3 is 2.79 bits per heavy atom. The summed E-state index contributed by atoms with van der Waals surface area (Å²) in [6, 6.07) is 1.88. The Morgan fingerprint density at radius 2 is 2.11 bits per heavy atom. The van der Waals surface area contributed by atoms with E-state index in [4.69, 9.17) is 15.5 Å². The summed E-state index contributed by atoms with van der Waals surface area (Å²) in [7, 11) is 1.79. The second kappa shape index (κ2) is 4.96. The first-order chi connectivity index (χ1) is 9.17. The SMILES string of the molecule is COC1CN(c2cc(N)nc(C3CC3)n2)CCC1C. The fourth-order valence-electron chi connectivity index (χ4n) is 2.71. The number of hydrogen-bond acceptors (Lipinski definition) is 5.